The van der Waals surface area contributed by atoms with Gasteiger partial charge in [-0.3, -0.25) is 0 Å². The van der Waals surface area contributed by atoms with Crippen LogP contribution in [-0.4, -0.2) is 22.5 Å². The van der Waals surface area contributed by atoms with E-state index in [-0.39, 0.29) is 6.04 Å². The van der Waals surface area contributed by atoms with Gasteiger partial charge in [0.15, 0.2) is 0 Å². The summed E-state index contributed by atoms with van der Waals surface area (Å²) in [5.74, 6) is 0.539. The van der Waals surface area contributed by atoms with Crippen molar-refractivity contribution in [2.24, 2.45) is 5.92 Å². The molecule has 1 aliphatic heterocycles. The first kappa shape index (κ1) is 10.5. The highest BCUT2D eigenvalue weighted by Gasteiger charge is 2.30. The number of nitrogens with zero attached hydrogens (tertiary/aromatic N) is 2. The van der Waals surface area contributed by atoms with Gasteiger partial charge in [0.2, 0.25) is 0 Å². The highest BCUT2D eigenvalue weighted by atomic mass is 32.1. The second-order valence-electron chi connectivity index (χ2n) is 3.48. The molecule has 72 valence electrons. The van der Waals surface area contributed by atoms with Crippen molar-refractivity contribution in [2.75, 3.05) is 6.54 Å². The van der Waals surface area contributed by atoms with Crippen molar-refractivity contribution in [1.82, 2.24) is 4.90 Å². The van der Waals surface area contributed by atoms with E-state index in [1.54, 1.807) is 0 Å². The van der Waals surface area contributed by atoms with E-state index in [0.29, 0.717) is 5.92 Å². The van der Waals surface area contributed by atoms with Crippen LogP contribution in [0.1, 0.15) is 33.1 Å². The van der Waals surface area contributed by atoms with Crippen LogP contribution < -0.4 is 0 Å². The molecule has 1 fully saturated rings. The molecular weight excluding hydrogens is 180 g/mol. The molecule has 0 spiro atoms. The maximum Gasteiger partial charge on any atom is 0.117 e. The van der Waals surface area contributed by atoms with E-state index in [1.807, 2.05) is 6.92 Å². The molecular formula is C10H16N2S. The molecule has 1 heterocycles. The lowest BCUT2D eigenvalue weighted by Crippen LogP contribution is -2.35. The predicted molar refractivity (Wildman–Crippen MR) is 57.4 cm³/mol. The molecule has 1 rings (SSSR count). The van der Waals surface area contributed by atoms with Crippen LogP contribution in [-0.2, 0) is 0 Å². The number of hydrogen-bond acceptors (Lipinski definition) is 2. The Kier molecular flexibility index (Phi) is 3.68. The van der Waals surface area contributed by atoms with E-state index in [0.717, 1.165) is 30.8 Å². The lowest BCUT2D eigenvalue weighted by molar-refractivity contribution is 0.389. The molecule has 2 nitrogen and oxygen atoms in total. The van der Waals surface area contributed by atoms with Crippen molar-refractivity contribution in [3.63, 3.8) is 0 Å². The maximum absolute atomic E-state index is 8.91. The van der Waals surface area contributed by atoms with E-state index >= 15 is 0 Å². The van der Waals surface area contributed by atoms with Gasteiger partial charge in [-0.25, -0.2) is 0 Å². The van der Waals surface area contributed by atoms with Gasteiger partial charge in [-0.1, -0.05) is 26.1 Å². The Morgan fingerprint density at radius 1 is 1.69 bits per heavy atom. The first-order valence-corrected chi connectivity index (χ1v) is 5.35. The first-order chi connectivity index (χ1) is 6.24. The summed E-state index contributed by atoms with van der Waals surface area (Å²) in [6.45, 7) is 5.17. The van der Waals surface area contributed by atoms with Crippen LogP contribution in [0, 0.1) is 17.2 Å². The minimum absolute atomic E-state index is 0.00375. The third-order valence-corrected chi connectivity index (χ3v) is 3.32. The summed E-state index contributed by atoms with van der Waals surface area (Å²) < 4.78 is 0. The van der Waals surface area contributed by atoms with E-state index in [9.17, 15) is 0 Å². The number of thiocarbonyl (C=S) groups is 1. The Labute approximate surface area is 85.5 Å². The third kappa shape index (κ3) is 2.00. The van der Waals surface area contributed by atoms with E-state index in [4.69, 9.17) is 17.5 Å². The number of nitriles is 1. The monoisotopic (exact) mass is 196 g/mol. The average molecular weight is 196 g/mol. The molecule has 0 aromatic carbocycles. The number of hydrogen-bond donors (Lipinski definition) is 0. The van der Waals surface area contributed by atoms with Gasteiger partial charge in [0, 0.05) is 12.5 Å². The second kappa shape index (κ2) is 4.57. The van der Waals surface area contributed by atoms with Crippen LogP contribution in [0.2, 0.25) is 0 Å². The minimum Gasteiger partial charge on any atom is -0.350 e. The van der Waals surface area contributed by atoms with Gasteiger partial charge < -0.3 is 4.90 Å². The molecule has 0 saturated carbocycles. The molecule has 0 aliphatic carbocycles. The second-order valence-corrected chi connectivity index (χ2v) is 3.90. The van der Waals surface area contributed by atoms with Crippen LogP contribution in [0.25, 0.3) is 0 Å². The lowest BCUT2D eigenvalue weighted by atomic mass is 10.1. The highest BCUT2D eigenvalue weighted by molar-refractivity contribution is 7.80. The smallest absolute Gasteiger partial charge is 0.117 e. The van der Waals surface area contributed by atoms with Gasteiger partial charge in [-0.2, -0.15) is 5.26 Å². The van der Waals surface area contributed by atoms with Crippen molar-refractivity contribution in [3.05, 3.63) is 0 Å². The molecule has 0 radical (unpaired) electrons. The van der Waals surface area contributed by atoms with Crippen molar-refractivity contribution in [3.8, 4) is 6.07 Å². The van der Waals surface area contributed by atoms with Gasteiger partial charge in [-0.05, 0) is 19.3 Å². The zero-order valence-corrected chi connectivity index (χ0v) is 9.10. The Morgan fingerprint density at radius 2 is 2.38 bits per heavy atom. The standard InChI is InChI=1S/C10H16N2S/c1-3-8-5-6-12(10(8)13)9(4-2)7-11/h8-9H,3-6H2,1-2H3. The summed E-state index contributed by atoms with van der Waals surface area (Å²) in [5.41, 5.74) is 0. The molecule has 0 N–H and O–H groups in total. The zero-order chi connectivity index (χ0) is 9.84. The molecule has 13 heavy (non-hydrogen) atoms. The molecule has 2 atom stereocenters. The first-order valence-electron chi connectivity index (χ1n) is 4.94. The lowest BCUT2D eigenvalue weighted by Gasteiger charge is -2.23. The van der Waals surface area contributed by atoms with E-state index < -0.39 is 0 Å². The molecule has 0 amide bonds. The predicted octanol–water partition coefficient (Wildman–Crippen LogP) is 2.35. The normalized spacial score (nSPS) is 24.5. The molecule has 0 aromatic heterocycles. The Bertz CT molecular complexity index is 232. The Hall–Kier alpha value is -0.620. The quantitative estimate of drug-likeness (QED) is 0.648. The van der Waals surface area contributed by atoms with Crippen molar-refractivity contribution in [1.29, 1.82) is 5.26 Å². The average Bonchev–Trinajstić information content (AvgIpc) is 2.50. The van der Waals surface area contributed by atoms with E-state index in [2.05, 4.69) is 17.9 Å². The van der Waals surface area contributed by atoms with Crippen molar-refractivity contribution >= 4 is 17.2 Å². The SMILES string of the molecule is CCC1CCN(C(C#N)CC)C1=S. The summed E-state index contributed by atoms with van der Waals surface area (Å²) in [5, 5.41) is 8.91. The summed E-state index contributed by atoms with van der Waals surface area (Å²) in [7, 11) is 0. The molecule has 2 unspecified atom stereocenters. The van der Waals surface area contributed by atoms with Gasteiger partial charge >= 0.3 is 0 Å². The van der Waals surface area contributed by atoms with Crippen LogP contribution in [0.3, 0.4) is 0 Å². The van der Waals surface area contributed by atoms with Crippen molar-refractivity contribution in [2.45, 2.75) is 39.2 Å². The van der Waals surface area contributed by atoms with Gasteiger partial charge in [0.1, 0.15) is 6.04 Å². The zero-order valence-electron chi connectivity index (χ0n) is 8.29. The topological polar surface area (TPSA) is 27.0 Å². The minimum atomic E-state index is 0.00375. The fraction of sp³-hybridized carbons (Fsp3) is 0.800. The van der Waals surface area contributed by atoms with Crippen molar-refractivity contribution < 1.29 is 0 Å². The molecule has 0 aromatic rings. The van der Waals surface area contributed by atoms with Crippen LogP contribution in [0.15, 0.2) is 0 Å². The Morgan fingerprint density at radius 3 is 2.77 bits per heavy atom. The maximum atomic E-state index is 8.91. The van der Waals surface area contributed by atoms with Gasteiger partial charge in [-0.15, -0.1) is 0 Å². The van der Waals surface area contributed by atoms with Crippen LogP contribution in [0.5, 0.6) is 0 Å². The fourth-order valence-electron chi connectivity index (χ4n) is 1.83. The molecule has 3 heteroatoms. The number of likely N-dealkylation sites (tertiary alicyclic amines) is 1. The van der Waals surface area contributed by atoms with Crippen LogP contribution >= 0.6 is 12.2 Å². The summed E-state index contributed by atoms with van der Waals surface area (Å²) in [6.07, 6.45) is 3.11. The van der Waals surface area contributed by atoms with Crippen LogP contribution in [0.4, 0.5) is 0 Å². The molecule has 1 aliphatic rings. The van der Waals surface area contributed by atoms with Gasteiger partial charge in [0.25, 0.3) is 0 Å². The highest BCUT2D eigenvalue weighted by Crippen LogP contribution is 2.25. The van der Waals surface area contributed by atoms with Gasteiger partial charge in [0.05, 0.1) is 11.1 Å². The summed E-state index contributed by atoms with van der Waals surface area (Å²) in [6, 6.07) is 2.31. The molecule has 0 bridgehead atoms. The largest absolute Gasteiger partial charge is 0.350 e. The fourth-order valence-corrected chi connectivity index (χ4v) is 2.34. The summed E-state index contributed by atoms with van der Waals surface area (Å²) in [4.78, 5) is 3.11. The van der Waals surface area contributed by atoms with E-state index in [1.165, 1.54) is 0 Å². The number of rotatable bonds is 3. The summed E-state index contributed by atoms with van der Waals surface area (Å²) >= 11 is 5.34. The third-order valence-electron chi connectivity index (χ3n) is 2.76. The Balaban J connectivity index is 2.64. The molecule has 1 saturated heterocycles.